The number of halogens is 1. The highest BCUT2D eigenvalue weighted by molar-refractivity contribution is 5.04. The molecule has 1 aliphatic rings. The first-order chi connectivity index (χ1) is 4.14. The number of hydrogen-bond donors (Lipinski definition) is 1. The molecule has 2 unspecified atom stereocenters. The van der Waals surface area contributed by atoms with Gasteiger partial charge in [-0.2, -0.15) is 0 Å². The van der Waals surface area contributed by atoms with Crippen LogP contribution in [0.1, 0.15) is 13.8 Å². The maximum Gasteiger partial charge on any atom is 0.0931 e. The van der Waals surface area contributed by atoms with Gasteiger partial charge >= 0.3 is 0 Å². The third kappa shape index (κ3) is 0.855. The van der Waals surface area contributed by atoms with Gasteiger partial charge in [0.15, 0.2) is 0 Å². The van der Waals surface area contributed by atoms with Gasteiger partial charge in [-0.3, -0.25) is 4.39 Å². The minimum Gasteiger partial charge on any atom is -0.330 e. The second-order valence-corrected chi connectivity index (χ2v) is 3.42. The number of alkyl halides is 1. The summed E-state index contributed by atoms with van der Waals surface area (Å²) in [5.74, 6) is 0.671. The van der Waals surface area contributed by atoms with Gasteiger partial charge in [-0.05, 0) is 23.8 Å². The molecule has 54 valence electrons. The van der Waals surface area contributed by atoms with Crippen LogP contribution in [0.3, 0.4) is 0 Å². The van der Waals surface area contributed by atoms with Gasteiger partial charge in [-0.1, -0.05) is 13.8 Å². The van der Waals surface area contributed by atoms with Gasteiger partial charge in [0.1, 0.15) is 0 Å². The van der Waals surface area contributed by atoms with E-state index in [9.17, 15) is 4.39 Å². The monoisotopic (exact) mass is 131 g/mol. The van der Waals surface area contributed by atoms with E-state index in [1.165, 1.54) is 0 Å². The van der Waals surface area contributed by atoms with Crippen molar-refractivity contribution in [3.63, 3.8) is 0 Å². The van der Waals surface area contributed by atoms with Crippen LogP contribution in [-0.2, 0) is 0 Å². The predicted molar refractivity (Wildman–Crippen MR) is 35.8 cm³/mol. The second-order valence-electron chi connectivity index (χ2n) is 3.42. The summed E-state index contributed by atoms with van der Waals surface area (Å²) in [7, 11) is 0. The minimum atomic E-state index is -0.200. The number of rotatable bonds is 2. The van der Waals surface area contributed by atoms with Crippen molar-refractivity contribution in [3.05, 3.63) is 0 Å². The Morgan fingerprint density at radius 3 is 2.11 bits per heavy atom. The van der Waals surface area contributed by atoms with Crippen molar-refractivity contribution in [2.24, 2.45) is 23.0 Å². The molecule has 2 atom stereocenters. The Kier molecular flexibility index (Phi) is 1.51. The van der Waals surface area contributed by atoms with Crippen molar-refractivity contribution in [1.82, 2.24) is 0 Å². The van der Waals surface area contributed by atoms with E-state index in [4.69, 9.17) is 5.73 Å². The molecule has 0 amide bonds. The van der Waals surface area contributed by atoms with Crippen LogP contribution in [-0.4, -0.2) is 13.2 Å². The van der Waals surface area contributed by atoms with Crippen LogP contribution < -0.4 is 5.73 Å². The van der Waals surface area contributed by atoms with E-state index < -0.39 is 0 Å². The zero-order valence-electron chi connectivity index (χ0n) is 6.02. The first kappa shape index (κ1) is 7.00. The molecule has 0 aromatic heterocycles. The van der Waals surface area contributed by atoms with Crippen molar-refractivity contribution in [3.8, 4) is 0 Å². The van der Waals surface area contributed by atoms with Crippen LogP contribution >= 0.6 is 0 Å². The molecule has 1 aliphatic carbocycles. The molecule has 1 saturated carbocycles. The minimum absolute atomic E-state index is 0.184. The van der Waals surface area contributed by atoms with E-state index in [1.807, 2.05) is 0 Å². The van der Waals surface area contributed by atoms with Crippen molar-refractivity contribution >= 4 is 0 Å². The molecule has 1 nitrogen and oxygen atoms in total. The lowest BCUT2D eigenvalue weighted by molar-refractivity contribution is 0.407. The average molecular weight is 131 g/mol. The summed E-state index contributed by atoms with van der Waals surface area (Å²) >= 11 is 0. The van der Waals surface area contributed by atoms with Crippen LogP contribution in [0.4, 0.5) is 4.39 Å². The summed E-state index contributed by atoms with van der Waals surface area (Å²) in [5.41, 5.74) is 5.59. The molecule has 2 heteroatoms. The lowest BCUT2D eigenvalue weighted by Gasteiger charge is -1.97. The molecule has 2 N–H and O–H groups in total. The van der Waals surface area contributed by atoms with Crippen LogP contribution in [0.15, 0.2) is 0 Å². The average Bonchev–Trinajstić information content (AvgIpc) is 2.32. The molecular weight excluding hydrogens is 117 g/mol. The fourth-order valence-electron chi connectivity index (χ4n) is 1.63. The molecular formula is C7H14FN. The van der Waals surface area contributed by atoms with E-state index in [2.05, 4.69) is 13.8 Å². The molecule has 9 heavy (non-hydrogen) atoms. The first-order valence-corrected chi connectivity index (χ1v) is 3.40. The van der Waals surface area contributed by atoms with Gasteiger partial charge in [0.25, 0.3) is 0 Å². The maximum atomic E-state index is 12.1. The highest BCUT2D eigenvalue weighted by Gasteiger charge is 2.56. The Bertz CT molecular complexity index is 99.5. The summed E-state index contributed by atoms with van der Waals surface area (Å²) in [6, 6.07) is 0. The Labute approximate surface area is 55.4 Å². The normalized spacial score (nSPS) is 38.7. The predicted octanol–water partition coefficient (Wildman–Crippen LogP) is 1.19. The topological polar surface area (TPSA) is 26.0 Å². The quantitative estimate of drug-likeness (QED) is 0.598. The highest BCUT2D eigenvalue weighted by atomic mass is 19.1. The summed E-state index contributed by atoms with van der Waals surface area (Å²) in [5, 5.41) is 0. The Hall–Kier alpha value is -0.110. The third-order valence-electron chi connectivity index (χ3n) is 2.71. The van der Waals surface area contributed by atoms with Gasteiger partial charge in [0.2, 0.25) is 0 Å². The molecule has 0 aliphatic heterocycles. The molecule has 0 spiro atoms. The Morgan fingerprint density at radius 1 is 1.44 bits per heavy atom. The number of nitrogens with two attached hydrogens (primary N) is 1. The van der Waals surface area contributed by atoms with Crippen LogP contribution in [0.5, 0.6) is 0 Å². The summed E-state index contributed by atoms with van der Waals surface area (Å²) in [4.78, 5) is 0. The van der Waals surface area contributed by atoms with Crippen LogP contribution in [0.2, 0.25) is 0 Å². The molecule has 0 bridgehead atoms. The largest absolute Gasteiger partial charge is 0.330 e. The summed E-state index contributed by atoms with van der Waals surface area (Å²) in [6.45, 7) is 4.60. The zero-order valence-corrected chi connectivity index (χ0v) is 6.02. The molecule has 0 saturated heterocycles. The van der Waals surface area contributed by atoms with E-state index >= 15 is 0 Å². The second kappa shape index (κ2) is 1.94. The lowest BCUT2D eigenvalue weighted by Crippen LogP contribution is -2.05. The van der Waals surface area contributed by atoms with Crippen molar-refractivity contribution in [2.45, 2.75) is 13.8 Å². The summed E-state index contributed by atoms with van der Waals surface area (Å²) < 4.78 is 12.1. The van der Waals surface area contributed by atoms with Gasteiger partial charge in [0.05, 0.1) is 6.67 Å². The molecule has 0 aromatic rings. The molecule has 0 heterocycles. The van der Waals surface area contributed by atoms with E-state index in [0.717, 1.165) is 0 Å². The van der Waals surface area contributed by atoms with E-state index in [0.29, 0.717) is 12.5 Å². The Balaban J connectivity index is 2.45. The molecule has 1 rings (SSSR count). The van der Waals surface area contributed by atoms with Gasteiger partial charge in [-0.25, -0.2) is 0 Å². The summed E-state index contributed by atoms with van der Waals surface area (Å²) in [6.07, 6.45) is 0. The molecule has 1 fully saturated rings. The fourth-order valence-corrected chi connectivity index (χ4v) is 1.63. The smallest absolute Gasteiger partial charge is 0.0931 e. The van der Waals surface area contributed by atoms with Crippen molar-refractivity contribution in [2.75, 3.05) is 13.2 Å². The van der Waals surface area contributed by atoms with Crippen LogP contribution in [0.25, 0.3) is 0 Å². The standard InChI is InChI=1S/C7H14FN/c1-7(2)5(3-8)6(7)4-9/h5-6H,3-4,9H2,1-2H3. The van der Waals surface area contributed by atoms with E-state index in [1.54, 1.807) is 0 Å². The molecule has 0 aromatic carbocycles. The maximum absolute atomic E-state index is 12.1. The first-order valence-electron chi connectivity index (χ1n) is 3.40. The van der Waals surface area contributed by atoms with Gasteiger partial charge < -0.3 is 5.73 Å². The zero-order chi connectivity index (χ0) is 7.07. The molecule has 0 radical (unpaired) electrons. The van der Waals surface area contributed by atoms with Gasteiger partial charge in [0, 0.05) is 0 Å². The van der Waals surface area contributed by atoms with E-state index in [-0.39, 0.29) is 18.0 Å². The van der Waals surface area contributed by atoms with Crippen LogP contribution in [0, 0.1) is 17.3 Å². The highest BCUT2D eigenvalue weighted by Crippen LogP contribution is 2.57. The fraction of sp³-hybridized carbons (Fsp3) is 1.00. The SMILES string of the molecule is CC1(C)C(CN)C1CF. The van der Waals surface area contributed by atoms with Gasteiger partial charge in [-0.15, -0.1) is 0 Å². The van der Waals surface area contributed by atoms with Crippen molar-refractivity contribution < 1.29 is 4.39 Å². The lowest BCUT2D eigenvalue weighted by atomic mass is 10.1. The third-order valence-corrected chi connectivity index (χ3v) is 2.71. The van der Waals surface area contributed by atoms with Crippen molar-refractivity contribution in [1.29, 1.82) is 0 Å². The number of hydrogen-bond acceptors (Lipinski definition) is 1. The Morgan fingerprint density at radius 2 is 2.00 bits per heavy atom.